The van der Waals surface area contributed by atoms with Gasteiger partial charge in [0.15, 0.2) is 0 Å². The molecule has 3 heterocycles. The van der Waals surface area contributed by atoms with Crippen molar-refractivity contribution >= 4 is 11.6 Å². The summed E-state index contributed by atoms with van der Waals surface area (Å²) in [5.74, 6) is 1.14. The van der Waals surface area contributed by atoms with Crippen LogP contribution in [0.25, 0.3) is 0 Å². The molecule has 1 aliphatic carbocycles. The number of hydrogen-bond donors (Lipinski definition) is 0. The van der Waals surface area contributed by atoms with E-state index in [2.05, 4.69) is 26.7 Å². The first-order valence-corrected chi connectivity index (χ1v) is 9.14. The fraction of sp³-hybridized carbons (Fsp3) is 0.722. The Morgan fingerprint density at radius 3 is 2.33 bits per heavy atom. The Bertz CT molecular complexity index is 594. The predicted octanol–water partition coefficient (Wildman–Crippen LogP) is 1.17. The van der Waals surface area contributed by atoms with Crippen molar-refractivity contribution < 1.29 is 4.79 Å². The van der Waals surface area contributed by atoms with Gasteiger partial charge in [0.05, 0.1) is 18.1 Å². The minimum Gasteiger partial charge on any atom is -0.366 e. The lowest BCUT2D eigenvalue weighted by Gasteiger charge is -2.61. The zero-order valence-electron chi connectivity index (χ0n) is 14.7. The molecule has 0 bridgehead atoms. The Labute approximate surface area is 143 Å². The van der Waals surface area contributed by atoms with Gasteiger partial charge < -0.3 is 9.80 Å². The molecule has 0 unspecified atom stereocenters. The number of anilines is 1. The minimum absolute atomic E-state index is 0.231. The molecule has 1 amide bonds. The van der Waals surface area contributed by atoms with Crippen molar-refractivity contribution in [3.63, 3.8) is 0 Å². The summed E-state index contributed by atoms with van der Waals surface area (Å²) < 4.78 is 0. The lowest BCUT2D eigenvalue weighted by molar-refractivity contribution is -0.155. The Morgan fingerprint density at radius 1 is 1.17 bits per heavy atom. The monoisotopic (exact) mass is 329 g/mol. The van der Waals surface area contributed by atoms with Gasteiger partial charge >= 0.3 is 0 Å². The molecule has 4 rings (SSSR count). The van der Waals surface area contributed by atoms with Crippen LogP contribution >= 0.6 is 0 Å². The van der Waals surface area contributed by atoms with Crippen molar-refractivity contribution in [1.29, 1.82) is 0 Å². The SMILES string of the molecule is CCc1ncc(N2CCN(C3CC4(C3)CN(C(C)=O)C4)CC2)cn1. The topological polar surface area (TPSA) is 52.6 Å². The summed E-state index contributed by atoms with van der Waals surface area (Å²) >= 11 is 0. The van der Waals surface area contributed by atoms with Crippen molar-refractivity contribution in [2.45, 2.75) is 39.2 Å². The molecule has 24 heavy (non-hydrogen) atoms. The van der Waals surface area contributed by atoms with E-state index in [1.807, 2.05) is 17.3 Å². The molecule has 1 aromatic heterocycles. The van der Waals surface area contributed by atoms with Gasteiger partial charge in [0.1, 0.15) is 5.82 Å². The van der Waals surface area contributed by atoms with E-state index in [0.29, 0.717) is 5.41 Å². The standard InChI is InChI=1S/C18H27N5O/c1-3-17-19-10-16(11-20-17)22-6-4-21(5-7-22)15-8-18(9-15)12-23(13-18)14(2)24/h10-11,15H,3-9,12-13H2,1-2H3. The van der Waals surface area contributed by atoms with Crippen molar-refractivity contribution in [2.24, 2.45) is 5.41 Å². The van der Waals surface area contributed by atoms with E-state index >= 15 is 0 Å². The van der Waals surface area contributed by atoms with Crippen LogP contribution in [0.15, 0.2) is 12.4 Å². The van der Waals surface area contributed by atoms with E-state index in [4.69, 9.17) is 0 Å². The highest BCUT2D eigenvalue weighted by Gasteiger charge is 2.54. The number of likely N-dealkylation sites (tertiary alicyclic amines) is 1. The third-order valence-electron chi connectivity index (χ3n) is 6.04. The summed E-state index contributed by atoms with van der Waals surface area (Å²) in [7, 11) is 0. The van der Waals surface area contributed by atoms with Crippen LogP contribution in [0.2, 0.25) is 0 Å². The smallest absolute Gasteiger partial charge is 0.219 e. The van der Waals surface area contributed by atoms with Crippen LogP contribution in [-0.4, -0.2) is 71.0 Å². The van der Waals surface area contributed by atoms with Crippen molar-refractivity contribution in [3.05, 3.63) is 18.2 Å². The van der Waals surface area contributed by atoms with Crippen LogP contribution in [0.1, 0.15) is 32.5 Å². The summed E-state index contributed by atoms with van der Waals surface area (Å²) in [4.78, 5) is 27.2. The number of amides is 1. The highest BCUT2D eigenvalue weighted by atomic mass is 16.2. The highest BCUT2D eigenvalue weighted by Crippen LogP contribution is 2.50. The molecule has 0 atom stereocenters. The molecule has 3 fully saturated rings. The maximum absolute atomic E-state index is 11.3. The van der Waals surface area contributed by atoms with E-state index in [9.17, 15) is 4.79 Å². The quantitative estimate of drug-likeness (QED) is 0.833. The molecule has 2 aliphatic heterocycles. The van der Waals surface area contributed by atoms with Gasteiger partial charge in [-0.1, -0.05) is 6.92 Å². The summed E-state index contributed by atoms with van der Waals surface area (Å²) in [6, 6.07) is 0.722. The fourth-order valence-corrected chi connectivity index (χ4v) is 4.48. The molecule has 6 heteroatoms. The van der Waals surface area contributed by atoms with E-state index in [1.54, 1.807) is 6.92 Å². The molecule has 1 aromatic rings. The van der Waals surface area contributed by atoms with Gasteiger partial charge in [-0.3, -0.25) is 9.69 Å². The zero-order valence-corrected chi connectivity index (χ0v) is 14.7. The molecule has 130 valence electrons. The maximum atomic E-state index is 11.3. The highest BCUT2D eigenvalue weighted by molar-refractivity contribution is 5.74. The Kier molecular flexibility index (Phi) is 3.95. The Balaban J connectivity index is 1.25. The number of carbonyl (C=O) groups is 1. The summed E-state index contributed by atoms with van der Waals surface area (Å²) in [6.07, 6.45) is 7.35. The predicted molar refractivity (Wildman–Crippen MR) is 92.9 cm³/mol. The molecule has 0 aromatic carbocycles. The second-order valence-corrected chi connectivity index (χ2v) is 7.67. The minimum atomic E-state index is 0.231. The number of aryl methyl sites for hydroxylation is 1. The van der Waals surface area contributed by atoms with E-state index in [1.165, 1.54) is 12.8 Å². The van der Waals surface area contributed by atoms with E-state index < -0.39 is 0 Å². The zero-order chi connectivity index (χ0) is 16.7. The molecule has 1 spiro atoms. The van der Waals surface area contributed by atoms with Crippen LogP contribution < -0.4 is 4.90 Å². The first-order chi connectivity index (χ1) is 11.6. The van der Waals surface area contributed by atoms with Gasteiger partial charge in [-0.25, -0.2) is 9.97 Å². The molecule has 0 N–H and O–H groups in total. The fourth-order valence-electron chi connectivity index (χ4n) is 4.48. The first kappa shape index (κ1) is 15.8. The van der Waals surface area contributed by atoms with Gasteiger partial charge in [0.25, 0.3) is 0 Å². The van der Waals surface area contributed by atoms with Crippen LogP contribution in [0.4, 0.5) is 5.69 Å². The average Bonchev–Trinajstić information content (AvgIpc) is 2.53. The first-order valence-electron chi connectivity index (χ1n) is 9.14. The average molecular weight is 329 g/mol. The second kappa shape index (κ2) is 5.99. The lowest BCUT2D eigenvalue weighted by Crippen LogP contribution is -2.68. The van der Waals surface area contributed by atoms with Gasteiger partial charge in [-0.15, -0.1) is 0 Å². The second-order valence-electron chi connectivity index (χ2n) is 7.67. The molecule has 3 aliphatic rings. The molecule has 1 saturated carbocycles. The third-order valence-corrected chi connectivity index (χ3v) is 6.04. The van der Waals surface area contributed by atoms with Gasteiger partial charge in [-0.05, 0) is 12.8 Å². The number of aromatic nitrogens is 2. The normalized spacial score (nSPS) is 23.9. The third kappa shape index (κ3) is 2.77. The van der Waals surface area contributed by atoms with Crippen molar-refractivity contribution in [1.82, 2.24) is 19.8 Å². The molecule has 2 saturated heterocycles. The maximum Gasteiger partial charge on any atom is 0.219 e. The molecular formula is C18H27N5O. The van der Waals surface area contributed by atoms with E-state index in [-0.39, 0.29) is 5.91 Å². The summed E-state index contributed by atoms with van der Waals surface area (Å²) in [6.45, 7) is 10.1. The molecule has 6 nitrogen and oxygen atoms in total. The number of rotatable bonds is 3. The Hall–Kier alpha value is -1.69. The van der Waals surface area contributed by atoms with Crippen molar-refractivity contribution in [3.8, 4) is 0 Å². The van der Waals surface area contributed by atoms with Gasteiger partial charge in [0.2, 0.25) is 5.91 Å². The molecular weight excluding hydrogens is 302 g/mol. The van der Waals surface area contributed by atoms with Gasteiger partial charge in [0, 0.05) is 64.1 Å². The lowest BCUT2D eigenvalue weighted by atomic mass is 9.60. The van der Waals surface area contributed by atoms with Crippen LogP contribution in [0.3, 0.4) is 0 Å². The van der Waals surface area contributed by atoms with Gasteiger partial charge in [-0.2, -0.15) is 0 Å². The summed E-state index contributed by atoms with van der Waals surface area (Å²) in [5.41, 5.74) is 1.60. The van der Waals surface area contributed by atoms with E-state index in [0.717, 1.165) is 63.2 Å². The van der Waals surface area contributed by atoms with Crippen molar-refractivity contribution in [2.75, 3.05) is 44.2 Å². The number of piperazine rings is 1. The van der Waals surface area contributed by atoms with Crippen LogP contribution in [0.5, 0.6) is 0 Å². The van der Waals surface area contributed by atoms with Crippen LogP contribution in [0, 0.1) is 5.41 Å². The number of nitrogens with zero attached hydrogens (tertiary/aromatic N) is 5. The van der Waals surface area contributed by atoms with Crippen LogP contribution in [-0.2, 0) is 11.2 Å². The largest absolute Gasteiger partial charge is 0.366 e. The summed E-state index contributed by atoms with van der Waals surface area (Å²) in [5, 5.41) is 0. The molecule has 0 radical (unpaired) electrons. The number of hydrogen-bond acceptors (Lipinski definition) is 5. The number of carbonyl (C=O) groups excluding carboxylic acids is 1. The Morgan fingerprint density at radius 2 is 1.79 bits per heavy atom.